The molecule has 20 heavy (non-hydrogen) atoms. The van der Waals surface area contributed by atoms with Crippen LogP contribution in [0, 0.1) is 12.7 Å². The second-order valence-corrected chi connectivity index (χ2v) is 4.10. The van der Waals surface area contributed by atoms with Crippen LogP contribution in [0.3, 0.4) is 0 Å². The number of aliphatic carboxylic acids is 1. The lowest BCUT2D eigenvalue weighted by molar-refractivity contribution is -0.140. The highest BCUT2D eigenvalue weighted by Gasteiger charge is 2.22. The molecule has 1 aromatic carbocycles. The summed E-state index contributed by atoms with van der Waals surface area (Å²) in [6.07, 6.45) is 1.47. The van der Waals surface area contributed by atoms with E-state index in [4.69, 9.17) is 9.84 Å². The Labute approximate surface area is 116 Å². The highest BCUT2D eigenvalue weighted by Crippen LogP contribution is 2.12. The van der Waals surface area contributed by atoms with Crippen molar-refractivity contribution in [1.82, 2.24) is 5.32 Å². The van der Waals surface area contributed by atoms with E-state index >= 15 is 0 Å². The smallest absolute Gasteiger partial charge is 0.328 e. The lowest BCUT2D eigenvalue weighted by Gasteiger charge is -2.15. The lowest BCUT2D eigenvalue weighted by Crippen LogP contribution is -2.44. The van der Waals surface area contributed by atoms with Crippen molar-refractivity contribution >= 4 is 11.9 Å². The second kappa shape index (κ2) is 7.40. The standard InChI is InChI=1S/C14H16FNO4/c1-3-7-20-8-12(14(18)19)16-13(17)10-5-4-6-11(15)9(10)2/h3-6,12H,1,7-8H2,2H3,(H,16,17)(H,18,19). The van der Waals surface area contributed by atoms with Crippen molar-refractivity contribution in [2.24, 2.45) is 0 Å². The molecule has 1 amide bonds. The van der Waals surface area contributed by atoms with Crippen LogP contribution in [0.1, 0.15) is 15.9 Å². The van der Waals surface area contributed by atoms with E-state index in [0.717, 1.165) is 0 Å². The van der Waals surface area contributed by atoms with Gasteiger partial charge in [0, 0.05) is 5.56 Å². The fourth-order valence-electron chi connectivity index (χ4n) is 1.53. The molecule has 0 aliphatic carbocycles. The van der Waals surface area contributed by atoms with E-state index in [-0.39, 0.29) is 24.3 Å². The van der Waals surface area contributed by atoms with Crippen molar-refractivity contribution in [2.75, 3.05) is 13.2 Å². The van der Waals surface area contributed by atoms with Crippen LogP contribution in [0.25, 0.3) is 0 Å². The van der Waals surface area contributed by atoms with Crippen LogP contribution in [0.2, 0.25) is 0 Å². The van der Waals surface area contributed by atoms with Crippen molar-refractivity contribution in [2.45, 2.75) is 13.0 Å². The zero-order valence-corrected chi connectivity index (χ0v) is 11.1. The Kier molecular flexibility index (Phi) is 5.86. The second-order valence-electron chi connectivity index (χ2n) is 4.10. The summed E-state index contributed by atoms with van der Waals surface area (Å²) >= 11 is 0. The molecule has 0 saturated carbocycles. The fourth-order valence-corrected chi connectivity index (χ4v) is 1.53. The number of rotatable bonds is 7. The topological polar surface area (TPSA) is 75.6 Å². The summed E-state index contributed by atoms with van der Waals surface area (Å²) in [5.41, 5.74) is 0.265. The molecule has 5 nitrogen and oxygen atoms in total. The number of carbonyl (C=O) groups excluding carboxylic acids is 1. The Balaban J connectivity index is 2.77. The third-order valence-corrected chi connectivity index (χ3v) is 2.64. The minimum Gasteiger partial charge on any atom is -0.480 e. The van der Waals surface area contributed by atoms with Crippen molar-refractivity contribution in [3.63, 3.8) is 0 Å². The van der Waals surface area contributed by atoms with Gasteiger partial charge in [-0.2, -0.15) is 0 Å². The van der Waals surface area contributed by atoms with Crippen LogP contribution < -0.4 is 5.32 Å². The van der Waals surface area contributed by atoms with Gasteiger partial charge in [-0.1, -0.05) is 12.1 Å². The van der Waals surface area contributed by atoms with E-state index in [1.165, 1.54) is 31.2 Å². The first kappa shape index (κ1) is 15.8. The van der Waals surface area contributed by atoms with Gasteiger partial charge in [0.1, 0.15) is 5.82 Å². The average Bonchev–Trinajstić information content (AvgIpc) is 2.40. The SMILES string of the molecule is C=CCOCC(NC(=O)c1cccc(F)c1C)C(=O)O. The third kappa shape index (κ3) is 4.17. The molecule has 0 bridgehead atoms. The number of benzene rings is 1. The molecule has 0 aliphatic rings. The number of hydrogen-bond donors (Lipinski definition) is 2. The van der Waals surface area contributed by atoms with Crippen molar-refractivity contribution in [3.05, 3.63) is 47.8 Å². The molecule has 6 heteroatoms. The number of carboxylic acids is 1. The minimum atomic E-state index is -1.23. The molecule has 0 radical (unpaired) electrons. The van der Waals surface area contributed by atoms with Crippen LogP contribution in [0.15, 0.2) is 30.9 Å². The summed E-state index contributed by atoms with van der Waals surface area (Å²) in [5, 5.41) is 11.3. The lowest BCUT2D eigenvalue weighted by atomic mass is 10.1. The van der Waals surface area contributed by atoms with Gasteiger partial charge in [-0.25, -0.2) is 9.18 Å². The van der Waals surface area contributed by atoms with Crippen LogP contribution in [0.5, 0.6) is 0 Å². The third-order valence-electron chi connectivity index (χ3n) is 2.64. The molecule has 0 heterocycles. The molecule has 1 atom stereocenters. The predicted octanol–water partition coefficient (Wildman–Crippen LogP) is 1.52. The van der Waals surface area contributed by atoms with E-state index < -0.39 is 23.7 Å². The molecule has 1 unspecified atom stereocenters. The van der Waals surface area contributed by atoms with E-state index in [1.807, 2.05) is 0 Å². The van der Waals surface area contributed by atoms with Crippen molar-refractivity contribution in [1.29, 1.82) is 0 Å². The zero-order chi connectivity index (χ0) is 15.1. The highest BCUT2D eigenvalue weighted by molar-refractivity contribution is 5.97. The van der Waals surface area contributed by atoms with Gasteiger partial charge in [0.25, 0.3) is 5.91 Å². The first-order chi connectivity index (χ1) is 9.47. The van der Waals surface area contributed by atoms with Gasteiger partial charge in [0.15, 0.2) is 6.04 Å². The molecule has 1 rings (SSSR count). The molecular weight excluding hydrogens is 265 g/mol. The number of carboxylic acid groups (broad SMARTS) is 1. The van der Waals surface area contributed by atoms with E-state index in [2.05, 4.69) is 11.9 Å². The molecule has 0 saturated heterocycles. The molecule has 0 spiro atoms. The summed E-state index contributed by atoms with van der Waals surface area (Å²) in [6, 6.07) is 2.84. The summed E-state index contributed by atoms with van der Waals surface area (Å²) < 4.78 is 18.4. The Morgan fingerprint density at radius 1 is 1.55 bits per heavy atom. The Hall–Kier alpha value is -2.21. The number of halogens is 1. The molecule has 0 aliphatic heterocycles. The molecule has 1 aromatic rings. The maximum absolute atomic E-state index is 13.4. The van der Waals surface area contributed by atoms with Crippen LogP contribution in [0.4, 0.5) is 4.39 Å². The quantitative estimate of drug-likeness (QED) is 0.587. The number of amides is 1. The first-order valence-corrected chi connectivity index (χ1v) is 5.94. The molecule has 108 valence electrons. The van der Waals surface area contributed by atoms with E-state index in [1.54, 1.807) is 0 Å². The van der Waals surface area contributed by atoms with E-state index in [0.29, 0.717) is 0 Å². The minimum absolute atomic E-state index is 0.0972. The number of hydrogen-bond acceptors (Lipinski definition) is 3. The molecule has 0 aromatic heterocycles. The average molecular weight is 281 g/mol. The van der Waals surface area contributed by atoms with Gasteiger partial charge in [-0.3, -0.25) is 4.79 Å². The van der Waals surface area contributed by atoms with E-state index in [9.17, 15) is 14.0 Å². The van der Waals surface area contributed by atoms with Crippen LogP contribution in [-0.4, -0.2) is 36.2 Å². The summed E-state index contributed by atoms with van der Waals surface area (Å²) in [6.45, 7) is 4.87. The normalized spacial score (nSPS) is 11.7. The van der Waals surface area contributed by atoms with Gasteiger partial charge in [-0.15, -0.1) is 6.58 Å². The Bertz CT molecular complexity index is 516. The number of carbonyl (C=O) groups is 2. The molecule has 0 fully saturated rings. The number of nitrogens with one attached hydrogen (secondary N) is 1. The maximum atomic E-state index is 13.4. The van der Waals surface area contributed by atoms with Gasteiger partial charge in [-0.05, 0) is 24.6 Å². The highest BCUT2D eigenvalue weighted by atomic mass is 19.1. The largest absolute Gasteiger partial charge is 0.480 e. The van der Waals surface area contributed by atoms with Crippen LogP contribution >= 0.6 is 0 Å². The Morgan fingerprint density at radius 2 is 2.25 bits per heavy atom. The summed E-state index contributed by atoms with van der Waals surface area (Å²) in [4.78, 5) is 23.0. The number of ether oxygens (including phenoxy) is 1. The van der Waals surface area contributed by atoms with Gasteiger partial charge in [0.05, 0.1) is 13.2 Å². The van der Waals surface area contributed by atoms with Crippen LogP contribution in [-0.2, 0) is 9.53 Å². The first-order valence-electron chi connectivity index (χ1n) is 5.94. The summed E-state index contributed by atoms with van der Waals surface area (Å²) in [5.74, 6) is -2.40. The van der Waals surface area contributed by atoms with Crippen molar-refractivity contribution in [3.8, 4) is 0 Å². The fraction of sp³-hybridized carbons (Fsp3) is 0.286. The summed E-state index contributed by atoms with van der Waals surface area (Å²) in [7, 11) is 0. The van der Waals surface area contributed by atoms with Gasteiger partial charge < -0.3 is 15.2 Å². The van der Waals surface area contributed by atoms with Gasteiger partial charge in [0.2, 0.25) is 0 Å². The monoisotopic (exact) mass is 281 g/mol. The van der Waals surface area contributed by atoms with Gasteiger partial charge >= 0.3 is 5.97 Å². The molecular formula is C14H16FNO4. The molecule has 2 N–H and O–H groups in total. The predicted molar refractivity (Wildman–Crippen MR) is 71.0 cm³/mol. The maximum Gasteiger partial charge on any atom is 0.328 e. The van der Waals surface area contributed by atoms with Crippen molar-refractivity contribution < 1.29 is 23.8 Å². The zero-order valence-electron chi connectivity index (χ0n) is 11.1. The Morgan fingerprint density at radius 3 is 2.85 bits per heavy atom.